The Balaban J connectivity index is 4.05. The van der Waals surface area contributed by atoms with E-state index in [1.807, 2.05) is 27.2 Å². The lowest BCUT2D eigenvalue weighted by atomic mass is 10.0. The van der Waals surface area contributed by atoms with Crippen molar-refractivity contribution in [3.8, 4) is 0 Å². The zero-order valence-corrected chi connectivity index (χ0v) is 52.9. The third kappa shape index (κ3) is 60.9. The van der Waals surface area contributed by atoms with E-state index in [9.17, 15) is 19.4 Å². The fraction of sp³-hybridized carbons (Fsp3) is 0.955. The zero-order chi connectivity index (χ0) is 55.6. The first-order chi connectivity index (χ1) is 37.0. The van der Waals surface area contributed by atoms with Gasteiger partial charge < -0.3 is 19.8 Å². The molecule has 0 rings (SSSR count). The average Bonchev–Trinajstić information content (AvgIpc) is 3.38. The number of phosphoric ester groups is 1. The number of carbonyl (C=O) groups is 1. The van der Waals surface area contributed by atoms with Crippen LogP contribution in [0, 0.1) is 0 Å². The van der Waals surface area contributed by atoms with Crippen molar-refractivity contribution in [3.63, 3.8) is 0 Å². The second-order valence-corrected chi connectivity index (χ2v) is 26.4. The first-order valence-electron chi connectivity index (χ1n) is 34.1. The summed E-state index contributed by atoms with van der Waals surface area (Å²) in [4.78, 5) is 23.4. The number of amides is 1. The Labute approximate surface area is 475 Å². The number of nitrogens with zero attached hydrogens (tertiary/aromatic N) is 1. The van der Waals surface area contributed by atoms with Gasteiger partial charge in [-0.25, -0.2) is 4.57 Å². The summed E-state index contributed by atoms with van der Waals surface area (Å²) >= 11 is 0. The normalized spacial score (nSPS) is 13.7. The molecule has 76 heavy (non-hydrogen) atoms. The van der Waals surface area contributed by atoms with E-state index in [-0.39, 0.29) is 19.1 Å². The van der Waals surface area contributed by atoms with Crippen LogP contribution in [-0.2, 0) is 18.4 Å². The number of hydrogen-bond donors (Lipinski definition) is 3. The number of quaternary nitrogens is 1. The van der Waals surface area contributed by atoms with Gasteiger partial charge >= 0.3 is 7.82 Å². The van der Waals surface area contributed by atoms with E-state index in [0.717, 1.165) is 32.1 Å². The molecule has 0 saturated heterocycles. The SMILES string of the molecule is CCCCCCCCCCCCCCCCCCCCCCCCCCCCC/C=C/C(O)C(COP(=O)(O)OCC[N+](C)(C)C)NC(=O)CCCCCCCCCCCCCCCCCCCCCCCCCCC. The molecule has 8 nitrogen and oxygen atoms in total. The molecule has 0 aromatic heterocycles. The van der Waals surface area contributed by atoms with Crippen molar-refractivity contribution in [2.24, 2.45) is 0 Å². The summed E-state index contributed by atoms with van der Waals surface area (Å²) < 4.78 is 23.8. The molecule has 0 heterocycles. The van der Waals surface area contributed by atoms with E-state index < -0.39 is 20.0 Å². The van der Waals surface area contributed by atoms with Crippen LogP contribution in [0.3, 0.4) is 0 Å². The van der Waals surface area contributed by atoms with Gasteiger partial charge in [0, 0.05) is 6.42 Å². The van der Waals surface area contributed by atoms with Gasteiger partial charge in [0.1, 0.15) is 13.2 Å². The van der Waals surface area contributed by atoms with Crippen LogP contribution in [-0.4, -0.2) is 73.4 Å². The van der Waals surface area contributed by atoms with E-state index in [4.69, 9.17) is 9.05 Å². The summed E-state index contributed by atoms with van der Waals surface area (Å²) in [5.41, 5.74) is 0. The maximum atomic E-state index is 13.0. The van der Waals surface area contributed by atoms with Gasteiger partial charge in [-0.1, -0.05) is 347 Å². The molecule has 0 aliphatic rings. The number of allylic oxidation sites excluding steroid dienone is 1. The lowest BCUT2D eigenvalue weighted by Crippen LogP contribution is -2.45. The van der Waals surface area contributed by atoms with Crippen LogP contribution in [0.4, 0.5) is 0 Å². The van der Waals surface area contributed by atoms with Crippen molar-refractivity contribution < 1.29 is 32.9 Å². The fourth-order valence-electron chi connectivity index (χ4n) is 10.7. The molecule has 0 radical (unpaired) electrons. The smallest absolute Gasteiger partial charge is 0.387 e. The van der Waals surface area contributed by atoms with Gasteiger partial charge in [0.25, 0.3) is 0 Å². The first kappa shape index (κ1) is 75.2. The van der Waals surface area contributed by atoms with Gasteiger partial charge in [0.2, 0.25) is 5.91 Å². The molecule has 0 fully saturated rings. The minimum Gasteiger partial charge on any atom is -0.387 e. The molecule has 0 aromatic rings. The van der Waals surface area contributed by atoms with E-state index >= 15 is 0 Å². The third-order valence-electron chi connectivity index (χ3n) is 16.0. The van der Waals surface area contributed by atoms with Crippen molar-refractivity contribution in [1.29, 1.82) is 0 Å². The topological polar surface area (TPSA) is 105 Å². The molecule has 1 amide bonds. The van der Waals surface area contributed by atoms with Gasteiger partial charge in [-0.2, -0.15) is 0 Å². The van der Waals surface area contributed by atoms with Crippen molar-refractivity contribution >= 4 is 13.7 Å². The number of likely N-dealkylation sites (N-methyl/N-ethyl adjacent to an activating group) is 1. The Bertz CT molecular complexity index is 1240. The zero-order valence-electron chi connectivity index (χ0n) is 52.0. The minimum absolute atomic E-state index is 0.0655. The molecule has 0 spiro atoms. The Kier molecular flexibility index (Phi) is 58.3. The van der Waals surface area contributed by atoms with E-state index in [1.165, 1.54) is 308 Å². The maximum absolute atomic E-state index is 13.0. The maximum Gasteiger partial charge on any atom is 0.472 e. The van der Waals surface area contributed by atoms with Crippen molar-refractivity contribution in [2.75, 3.05) is 40.9 Å². The molecule has 0 aliphatic heterocycles. The van der Waals surface area contributed by atoms with Crippen LogP contribution in [0.2, 0.25) is 0 Å². The van der Waals surface area contributed by atoms with Crippen LogP contribution in [0.1, 0.15) is 361 Å². The van der Waals surface area contributed by atoms with Gasteiger partial charge in [-0.05, 0) is 19.3 Å². The van der Waals surface area contributed by atoms with Crippen LogP contribution >= 0.6 is 7.82 Å². The second kappa shape index (κ2) is 58.9. The van der Waals surface area contributed by atoms with Gasteiger partial charge in [-0.15, -0.1) is 0 Å². The highest BCUT2D eigenvalue weighted by molar-refractivity contribution is 7.47. The van der Waals surface area contributed by atoms with Crippen LogP contribution in [0.5, 0.6) is 0 Å². The Morgan fingerprint density at radius 2 is 0.697 bits per heavy atom. The number of phosphoric acid groups is 1. The molecule has 0 aliphatic carbocycles. The number of hydrogen-bond acceptors (Lipinski definition) is 5. The second-order valence-electron chi connectivity index (χ2n) is 24.9. The quantitative estimate of drug-likeness (QED) is 0.0243. The highest BCUT2D eigenvalue weighted by Crippen LogP contribution is 2.43. The lowest BCUT2D eigenvalue weighted by Gasteiger charge is -2.25. The Hall–Kier alpha value is -0.760. The Morgan fingerprint density at radius 1 is 0.434 bits per heavy atom. The summed E-state index contributed by atoms with van der Waals surface area (Å²) in [6, 6.07) is -0.843. The highest BCUT2D eigenvalue weighted by Gasteiger charge is 2.28. The summed E-state index contributed by atoms with van der Waals surface area (Å²) in [6.45, 7) is 4.89. The predicted octanol–water partition coefficient (Wildman–Crippen LogP) is 21.3. The Morgan fingerprint density at radius 3 is 0.974 bits per heavy atom. The molecule has 0 bridgehead atoms. The largest absolute Gasteiger partial charge is 0.472 e. The molecule has 9 heteroatoms. The number of unbranched alkanes of at least 4 members (excludes halogenated alkanes) is 51. The molecule has 3 unspecified atom stereocenters. The van der Waals surface area contributed by atoms with E-state index in [2.05, 4.69) is 19.2 Å². The summed E-state index contributed by atoms with van der Waals surface area (Å²) in [6.07, 6.45) is 74.9. The van der Waals surface area contributed by atoms with Crippen molar-refractivity contribution in [3.05, 3.63) is 12.2 Å². The number of rotatable bonds is 64. The number of aliphatic hydroxyl groups is 1. The summed E-state index contributed by atoms with van der Waals surface area (Å²) in [7, 11) is 1.60. The molecule has 0 saturated carbocycles. The molecule has 3 atom stereocenters. The van der Waals surface area contributed by atoms with Gasteiger partial charge in [0.05, 0.1) is 39.9 Å². The van der Waals surface area contributed by atoms with E-state index in [0.29, 0.717) is 17.4 Å². The van der Waals surface area contributed by atoms with Gasteiger partial charge in [-0.3, -0.25) is 13.8 Å². The van der Waals surface area contributed by atoms with E-state index in [1.54, 1.807) is 6.08 Å². The highest BCUT2D eigenvalue weighted by atomic mass is 31.2. The van der Waals surface area contributed by atoms with Crippen LogP contribution in [0.25, 0.3) is 0 Å². The monoisotopic (exact) mass is 1100 g/mol. The van der Waals surface area contributed by atoms with Gasteiger partial charge in [0.15, 0.2) is 0 Å². The molecule has 0 aromatic carbocycles. The minimum atomic E-state index is -4.35. The summed E-state index contributed by atoms with van der Waals surface area (Å²) in [5.74, 6) is -0.167. The summed E-state index contributed by atoms with van der Waals surface area (Å²) in [5, 5.41) is 14.0. The van der Waals surface area contributed by atoms with Crippen LogP contribution in [0.15, 0.2) is 12.2 Å². The number of aliphatic hydroxyl groups excluding tert-OH is 1. The van der Waals surface area contributed by atoms with Crippen molar-refractivity contribution in [1.82, 2.24) is 5.32 Å². The molecular weight excluding hydrogens is 960 g/mol. The predicted molar refractivity (Wildman–Crippen MR) is 332 cm³/mol. The van der Waals surface area contributed by atoms with Crippen molar-refractivity contribution in [2.45, 2.75) is 373 Å². The number of carbonyl (C=O) groups excluding carboxylic acids is 1. The lowest BCUT2D eigenvalue weighted by molar-refractivity contribution is -0.870. The standard InChI is InChI=1S/C67H135N2O6P/c1-6-8-10-12-14-16-18-20-22-24-26-28-30-32-33-34-35-37-38-40-42-44-46-48-50-52-54-56-58-60-66(70)65(64-75-76(72,73)74-63-62-69(3,4)5)68-67(71)61-59-57-55-53-51-49-47-45-43-41-39-36-31-29-27-25-23-21-19-17-15-13-11-9-7-2/h58,60,65-66,70H,6-57,59,61-64H2,1-5H3,(H-,68,71,72,73)/p+1/b60-58+. The first-order valence-corrected chi connectivity index (χ1v) is 35.6. The molecule has 454 valence electrons. The fourth-order valence-corrected chi connectivity index (χ4v) is 11.4. The van der Waals surface area contributed by atoms with Crippen LogP contribution < -0.4 is 5.32 Å². The molecular formula is C67H136N2O6P+. The average molecular weight is 1100 g/mol. The third-order valence-corrected chi connectivity index (χ3v) is 17.0. The molecule has 3 N–H and O–H groups in total. The number of nitrogens with one attached hydrogen (secondary N) is 1.